The van der Waals surface area contributed by atoms with Crippen molar-refractivity contribution in [1.82, 2.24) is 4.90 Å². The van der Waals surface area contributed by atoms with Gasteiger partial charge in [0.1, 0.15) is 0 Å². The molecular weight excluding hydrogens is 246 g/mol. The fraction of sp³-hybridized carbons (Fsp3) is 0.556. The Labute approximate surface area is 123 Å². The zero-order valence-electron chi connectivity index (χ0n) is 13.3. The average Bonchev–Trinajstić information content (AvgIpc) is 2.39. The number of hydrogen-bond acceptors (Lipinski definition) is 2. The molecule has 2 nitrogen and oxygen atoms in total. The number of allylic oxidation sites excluding steroid dienone is 1. The van der Waals surface area contributed by atoms with Crippen molar-refractivity contribution in [2.75, 3.05) is 26.3 Å². The Bertz CT molecular complexity index is 447. The van der Waals surface area contributed by atoms with Crippen molar-refractivity contribution in [3.8, 4) is 0 Å². The van der Waals surface area contributed by atoms with E-state index < -0.39 is 0 Å². The summed E-state index contributed by atoms with van der Waals surface area (Å²) in [6.07, 6.45) is 3.32. The monoisotopic (exact) mass is 273 g/mol. The first-order valence-corrected chi connectivity index (χ1v) is 7.54. The molecule has 0 aliphatic carbocycles. The highest BCUT2D eigenvalue weighted by atomic mass is 16.5. The summed E-state index contributed by atoms with van der Waals surface area (Å²) in [5, 5.41) is 0. The second kappa shape index (κ2) is 6.45. The van der Waals surface area contributed by atoms with Crippen LogP contribution in [0, 0.1) is 0 Å². The molecule has 2 rings (SSSR count). The van der Waals surface area contributed by atoms with Crippen LogP contribution < -0.4 is 0 Å². The van der Waals surface area contributed by atoms with E-state index in [0.717, 1.165) is 32.7 Å². The minimum Gasteiger partial charge on any atom is -0.378 e. The fourth-order valence-corrected chi connectivity index (χ4v) is 2.51. The first kappa shape index (κ1) is 15.1. The van der Waals surface area contributed by atoms with Gasteiger partial charge in [0.25, 0.3) is 0 Å². The van der Waals surface area contributed by atoms with E-state index in [1.807, 2.05) is 0 Å². The molecule has 1 aliphatic heterocycles. The Kier molecular flexibility index (Phi) is 4.87. The predicted octanol–water partition coefficient (Wildman–Crippen LogP) is 3.76. The molecule has 0 atom stereocenters. The molecule has 1 aromatic carbocycles. The topological polar surface area (TPSA) is 12.5 Å². The SMILES string of the molecule is CC(=CN1CCOCC1)Cc1ccc(C(C)(C)C)cc1. The molecule has 0 radical (unpaired) electrons. The molecule has 20 heavy (non-hydrogen) atoms. The molecule has 0 unspecified atom stereocenters. The van der Waals surface area contributed by atoms with Crippen molar-refractivity contribution in [3.63, 3.8) is 0 Å². The average molecular weight is 273 g/mol. The number of ether oxygens (including phenoxy) is 1. The summed E-state index contributed by atoms with van der Waals surface area (Å²) in [4.78, 5) is 2.36. The minimum absolute atomic E-state index is 0.233. The van der Waals surface area contributed by atoms with E-state index >= 15 is 0 Å². The van der Waals surface area contributed by atoms with E-state index in [2.05, 4.69) is 63.1 Å². The Morgan fingerprint density at radius 2 is 1.75 bits per heavy atom. The minimum atomic E-state index is 0.233. The third-order valence-electron chi connectivity index (χ3n) is 3.75. The zero-order chi connectivity index (χ0) is 14.6. The summed E-state index contributed by atoms with van der Waals surface area (Å²) < 4.78 is 5.37. The third-order valence-corrected chi connectivity index (χ3v) is 3.75. The van der Waals surface area contributed by atoms with Gasteiger partial charge in [-0.05, 0) is 36.1 Å². The molecule has 110 valence electrons. The van der Waals surface area contributed by atoms with Crippen LogP contribution >= 0.6 is 0 Å². The van der Waals surface area contributed by atoms with Crippen LogP contribution in [0.5, 0.6) is 0 Å². The van der Waals surface area contributed by atoms with Crippen molar-refractivity contribution >= 4 is 0 Å². The van der Waals surface area contributed by atoms with E-state index in [4.69, 9.17) is 4.74 Å². The lowest BCUT2D eigenvalue weighted by Gasteiger charge is -2.26. The van der Waals surface area contributed by atoms with Crippen molar-refractivity contribution in [3.05, 3.63) is 47.2 Å². The van der Waals surface area contributed by atoms with Crippen LogP contribution in [-0.2, 0) is 16.6 Å². The van der Waals surface area contributed by atoms with E-state index in [1.54, 1.807) is 0 Å². The van der Waals surface area contributed by atoms with Gasteiger partial charge in [0.15, 0.2) is 0 Å². The zero-order valence-corrected chi connectivity index (χ0v) is 13.3. The Balaban J connectivity index is 1.97. The van der Waals surface area contributed by atoms with Crippen molar-refractivity contribution in [2.24, 2.45) is 0 Å². The molecule has 2 heteroatoms. The van der Waals surface area contributed by atoms with Gasteiger partial charge in [0.05, 0.1) is 13.2 Å². The first-order valence-electron chi connectivity index (χ1n) is 7.54. The summed E-state index contributed by atoms with van der Waals surface area (Å²) in [6, 6.07) is 9.04. The molecule has 1 fully saturated rings. The molecule has 0 N–H and O–H groups in total. The third kappa shape index (κ3) is 4.38. The molecule has 0 amide bonds. The van der Waals surface area contributed by atoms with Crippen molar-refractivity contribution < 1.29 is 4.74 Å². The second-order valence-corrected chi connectivity index (χ2v) is 6.75. The summed E-state index contributed by atoms with van der Waals surface area (Å²) in [5.74, 6) is 0. The van der Waals surface area contributed by atoms with Crippen molar-refractivity contribution in [2.45, 2.75) is 39.5 Å². The highest BCUT2D eigenvalue weighted by Crippen LogP contribution is 2.22. The van der Waals surface area contributed by atoms with E-state index in [1.165, 1.54) is 16.7 Å². The smallest absolute Gasteiger partial charge is 0.0642 e. The lowest BCUT2D eigenvalue weighted by Crippen LogP contribution is -2.32. The molecule has 0 saturated carbocycles. The standard InChI is InChI=1S/C18H27NO/c1-15(14-19-9-11-20-12-10-19)13-16-5-7-17(8-6-16)18(2,3)4/h5-8,14H,9-13H2,1-4H3. The van der Waals surface area contributed by atoms with Crippen LogP contribution in [0.15, 0.2) is 36.0 Å². The molecular formula is C18H27NO. The van der Waals surface area contributed by atoms with Gasteiger partial charge in [-0.1, -0.05) is 50.6 Å². The maximum absolute atomic E-state index is 5.37. The van der Waals surface area contributed by atoms with Gasteiger partial charge < -0.3 is 9.64 Å². The van der Waals surface area contributed by atoms with Crippen molar-refractivity contribution in [1.29, 1.82) is 0 Å². The van der Waals surface area contributed by atoms with Crippen LogP contribution in [0.1, 0.15) is 38.8 Å². The van der Waals surface area contributed by atoms with Gasteiger partial charge in [-0.3, -0.25) is 0 Å². The van der Waals surface area contributed by atoms with Gasteiger partial charge >= 0.3 is 0 Å². The van der Waals surface area contributed by atoms with E-state index in [0.29, 0.717) is 0 Å². The number of rotatable bonds is 3. The maximum Gasteiger partial charge on any atom is 0.0642 e. The lowest BCUT2D eigenvalue weighted by molar-refractivity contribution is 0.0590. The normalized spacial score (nSPS) is 17.4. The number of nitrogens with zero attached hydrogens (tertiary/aromatic N) is 1. The predicted molar refractivity (Wildman–Crippen MR) is 85.0 cm³/mol. The number of morpholine rings is 1. The fourth-order valence-electron chi connectivity index (χ4n) is 2.51. The highest BCUT2D eigenvalue weighted by molar-refractivity contribution is 5.29. The molecule has 1 saturated heterocycles. The highest BCUT2D eigenvalue weighted by Gasteiger charge is 2.13. The van der Waals surface area contributed by atoms with Gasteiger partial charge in [-0.15, -0.1) is 0 Å². The van der Waals surface area contributed by atoms with Crippen LogP contribution in [0.3, 0.4) is 0 Å². The molecule has 1 aromatic rings. The maximum atomic E-state index is 5.37. The Hall–Kier alpha value is -1.28. The molecule has 1 heterocycles. The Morgan fingerprint density at radius 1 is 1.15 bits per heavy atom. The lowest BCUT2D eigenvalue weighted by atomic mass is 9.86. The van der Waals surface area contributed by atoms with Crippen LogP contribution in [0.2, 0.25) is 0 Å². The van der Waals surface area contributed by atoms with E-state index in [-0.39, 0.29) is 5.41 Å². The Morgan fingerprint density at radius 3 is 2.30 bits per heavy atom. The summed E-state index contributed by atoms with van der Waals surface area (Å²) in [7, 11) is 0. The molecule has 0 spiro atoms. The molecule has 0 aromatic heterocycles. The first-order chi connectivity index (χ1) is 9.45. The number of hydrogen-bond donors (Lipinski definition) is 0. The molecule has 1 aliphatic rings. The van der Waals surface area contributed by atoms with Crippen LogP contribution in [0.4, 0.5) is 0 Å². The van der Waals surface area contributed by atoms with Crippen LogP contribution in [-0.4, -0.2) is 31.2 Å². The summed E-state index contributed by atoms with van der Waals surface area (Å²) in [6.45, 7) is 12.7. The van der Waals surface area contributed by atoms with E-state index in [9.17, 15) is 0 Å². The van der Waals surface area contributed by atoms with Gasteiger partial charge in [0, 0.05) is 13.1 Å². The van der Waals surface area contributed by atoms with Gasteiger partial charge in [0.2, 0.25) is 0 Å². The largest absolute Gasteiger partial charge is 0.378 e. The van der Waals surface area contributed by atoms with Crippen LogP contribution in [0.25, 0.3) is 0 Å². The number of benzene rings is 1. The van der Waals surface area contributed by atoms with Gasteiger partial charge in [-0.2, -0.15) is 0 Å². The summed E-state index contributed by atoms with van der Waals surface area (Å²) in [5.41, 5.74) is 4.43. The molecule has 0 bridgehead atoms. The second-order valence-electron chi connectivity index (χ2n) is 6.75. The quantitative estimate of drug-likeness (QED) is 0.831. The van der Waals surface area contributed by atoms with Gasteiger partial charge in [-0.25, -0.2) is 0 Å². The summed E-state index contributed by atoms with van der Waals surface area (Å²) >= 11 is 0.